The molecule has 7 heteroatoms. The first kappa shape index (κ1) is 15.6. The Morgan fingerprint density at radius 3 is 2.50 bits per heavy atom. The zero-order valence-corrected chi connectivity index (χ0v) is 13.1. The second-order valence-electron chi connectivity index (χ2n) is 4.27. The molecule has 1 unspecified atom stereocenters. The molecular formula is C13H14Cl3N3O. The molecule has 0 bridgehead atoms. The molecule has 2 aromatic rings. The number of aromatic nitrogens is 2. The van der Waals surface area contributed by atoms with Crippen LogP contribution in [0.25, 0.3) is 0 Å². The van der Waals surface area contributed by atoms with Crippen LogP contribution in [0.2, 0.25) is 15.1 Å². The van der Waals surface area contributed by atoms with Gasteiger partial charge in [0.25, 0.3) is 0 Å². The van der Waals surface area contributed by atoms with E-state index in [4.69, 9.17) is 45.3 Å². The van der Waals surface area contributed by atoms with E-state index in [0.717, 1.165) is 5.56 Å². The van der Waals surface area contributed by atoms with Crippen molar-refractivity contribution in [3.05, 3.63) is 50.7 Å². The Hall–Kier alpha value is -0.780. The summed E-state index contributed by atoms with van der Waals surface area (Å²) < 4.78 is 6.77. The highest BCUT2D eigenvalue weighted by molar-refractivity contribution is 6.34. The summed E-state index contributed by atoms with van der Waals surface area (Å²) in [5.41, 5.74) is 7.76. The summed E-state index contributed by atoms with van der Waals surface area (Å²) >= 11 is 18.2. The summed E-state index contributed by atoms with van der Waals surface area (Å²) in [5.74, 6) is 0. The van der Waals surface area contributed by atoms with Crippen LogP contribution >= 0.6 is 34.8 Å². The molecule has 0 aliphatic heterocycles. The molecule has 20 heavy (non-hydrogen) atoms. The molecule has 1 aromatic carbocycles. The van der Waals surface area contributed by atoms with E-state index in [-0.39, 0.29) is 0 Å². The molecule has 0 saturated heterocycles. The Bertz CT molecular complexity index is 580. The van der Waals surface area contributed by atoms with E-state index in [2.05, 4.69) is 5.10 Å². The highest BCUT2D eigenvalue weighted by Crippen LogP contribution is 2.30. The Labute approximate surface area is 132 Å². The molecule has 0 radical (unpaired) electrons. The monoisotopic (exact) mass is 333 g/mol. The van der Waals surface area contributed by atoms with Crippen molar-refractivity contribution >= 4 is 34.8 Å². The van der Waals surface area contributed by atoms with Crippen LogP contribution in [0.3, 0.4) is 0 Å². The maximum Gasteiger partial charge on any atom is 0.0837 e. The third-order valence-electron chi connectivity index (χ3n) is 2.88. The molecule has 2 N–H and O–H groups in total. The molecule has 0 saturated carbocycles. The smallest absolute Gasteiger partial charge is 0.0837 e. The third-order valence-corrected chi connectivity index (χ3v) is 3.61. The van der Waals surface area contributed by atoms with E-state index >= 15 is 0 Å². The van der Waals surface area contributed by atoms with Crippen molar-refractivity contribution in [1.82, 2.24) is 9.78 Å². The molecule has 0 amide bonds. The van der Waals surface area contributed by atoms with E-state index in [0.29, 0.717) is 33.9 Å². The normalized spacial score (nSPS) is 12.7. The first-order chi connectivity index (χ1) is 9.52. The largest absolute Gasteiger partial charge is 0.383 e. The Morgan fingerprint density at radius 2 is 1.90 bits per heavy atom. The number of methoxy groups -OCH3 is 1. The van der Waals surface area contributed by atoms with Gasteiger partial charge in [0, 0.05) is 17.2 Å². The van der Waals surface area contributed by atoms with Gasteiger partial charge in [-0.05, 0) is 23.8 Å². The van der Waals surface area contributed by atoms with Gasteiger partial charge in [0.1, 0.15) is 0 Å². The van der Waals surface area contributed by atoms with Crippen molar-refractivity contribution < 1.29 is 4.74 Å². The van der Waals surface area contributed by atoms with Gasteiger partial charge in [-0.2, -0.15) is 5.10 Å². The standard InChI is InChI=1S/C13H14Cl3N3O/c1-20-3-2-19-13(11(16)7-18-19)12(17)8-4-9(14)6-10(15)5-8/h4-7,12H,2-3,17H2,1H3. The number of nitrogens with two attached hydrogens (primary N) is 1. The predicted molar refractivity (Wildman–Crippen MR) is 81.6 cm³/mol. The Balaban J connectivity index is 2.36. The lowest BCUT2D eigenvalue weighted by Crippen LogP contribution is -2.19. The summed E-state index contributed by atoms with van der Waals surface area (Å²) in [6.45, 7) is 1.09. The van der Waals surface area contributed by atoms with Gasteiger partial charge < -0.3 is 10.5 Å². The summed E-state index contributed by atoms with van der Waals surface area (Å²) in [5, 5.41) is 5.77. The topological polar surface area (TPSA) is 53.1 Å². The lowest BCUT2D eigenvalue weighted by atomic mass is 10.0. The second kappa shape index (κ2) is 6.78. The van der Waals surface area contributed by atoms with Crippen molar-refractivity contribution in [2.75, 3.05) is 13.7 Å². The van der Waals surface area contributed by atoms with Crippen LogP contribution in [-0.4, -0.2) is 23.5 Å². The fourth-order valence-electron chi connectivity index (χ4n) is 1.95. The van der Waals surface area contributed by atoms with Crippen molar-refractivity contribution in [3.63, 3.8) is 0 Å². The molecule has 0 aliphatic carbocycles. The minimum atomic E-state index is -0.460. The summed E-state index contributed by atoms with van der Waals surface area (Å²) in [6.07, 6.45) is 1.57. The minimum absolute atomic E-state index is 0.460. The number of hydrogen-bond donors (Lipinski definition) is 1. The molecule has 1 heterocycles. The quantitative estimate of drug-likeness (QED) is 0.910. The highest BCUT2D eigenvalue weighted by atomic mass is 35.5. The fraction of sp³-hybridized carbons (Fsp3) is 0.308. The van der Waals surface area contributed by atoms with E-state index < -0.39 is 6.04 Å². The Morgan fingerprint density at radius 1 is 1.25 bits per heavy atom. The lowest BCUT2D eigenvalue weighted by Gasteiger charge is -2.16. The van der Waals surface area contributed by atoms with Gasteiger partial charge in [0.15, 0.2) is 0 Å². The molecule has 4 nitrogen and oxygen atoms in total. The number of ether oxygens (including phenoxy) is 1. The average molecular weight is 335 g/mol. The van der Waals surface area contributed by atoms with Crippen molar-refractivity contribution in [2.45, 2.75) is 12.6 Å². The first-order valence-corrected chi connectivity index (χ1v) is 7.08. The van der Waals surface area contributed by atoms with Gasteiger partial charge >= 0.3 is 0 Å². The summed E-state index contributed by atoms with van der Waals surface area (Å²) in [7, 11) is 1.63. The zero-order chi connectivity index (χ0) is 14.7. The molecule has 0 spiro atoms. The third kappa shape index (κ3) is 3.45. The van der Waals surface area contributed by atoms with Crippen molar-refractivity contribution in [1.29, 1.82) is 0 Å². The van der Waals surface area contributed by atoms with Gasteiger partial charge in [-0.25, -0.2) is 0 Å². The molecule has 1 atom stereocenters. The van der Waals surface area contributed by atoms with Crippen LogP contribution in [0.15, 0.2) is 24.4 Å². The number of nitrogens with zero attached hydrogens (tertiary/aromatic N) is 2. The van der Waals surface area contributed by atoms with Crippen LogP contribution in [0.1, 0.15) is 17.3 Å². The van der Waals surface area contributed by atoms with Gasteiger partial charge in [-0.15, -0.1) is 0 Å². The first-order valence-electron chi connectivity index (χ1n) is 5.94. The van der Waals surface area contributed by atoms with Crippen molar-refractivity contribution in [2.24, 2.45) is 5.73 Å². The van der Waals surface area contributed by atoms with Gasteiger partial charge in [-0.3, -0.25) is 4.68 Å². The van der Waals surface area contributed by atoms with Crippen LogP contribution in [0.4, 0.5) is 0 Å². The zero-order valence-electron chi connectivity index (χ0n) is 10.8. The fourth-order valence-corrected chi connectivity index (χ4v) is 2.75. The molecule has 1 aromatic heterocycles. The number of rotatable bonds is 5. The van der Waals surface area contributed by atoms with E-state index in [1.807, 2.05) is 0 Å². The number of hydrogen-bond acceptors (Lipinski definition) is 3. The maximum absolute atomic E-state index is 6.27. The number of halogens is 3. The van der Waals surface area contributed by atoms with Crippen molar-refractivity contribution in [3.8, 4) is 0 Å². The average Bonchev–Trinajstić information content (AvgIpc) is 2.75. The Kier molecular flexibility index (Phi) is 5.29. The second-order valence-corrected chi connectivity index (χ2v) is 5.55. The number of benzene rings is 1. The summed E-state index contributed by atoms with van der Waals surface area (Å²) in [6, 6.07) is 4.73. The van der Waals surface area contributed by atoms with Gasteiger partial charge in [0.2, 0.25) is 0 Å². The highest BCUT2D eigenvalue weighted by Gasteiger charge is 2.19. The van der Waals surface area contributed by atoms with E-state index in [1.165, 1.54) is 0 Å². The van der Waals surface area contributed by atoms with Crippen LogP contribution in [-0.2, 0) is 11.3 Å². The summed E-state index contributed by atoms with van der Waals surface area (Å²) in [4.78, 5) is 0. The van der Waals surface area contributed by atoms with Crippen LogP contribution in [0.5, 0.6) is 0 Å². The van der Waals surface area contributed by atoms with Crippen LogP contribution < -0.4 is 5.73 Å². The van der Waals surface area contributed by atoms with Gasteiger partial charge in [0.05, 0.1) is 36.1 Å². The molecular weight excluding hydrogens is 321 g/mol. The SMILES string of the molecule is COCCn1ncc(Cl)c1C(N)c1cc(Cl)cc(Cl)c1. The van der Waals surface area contributed by atoms with E-state index in [9.17, 15) is 0 Å². The van der Waals surface area contributed by atoms with Gasteiger partial charge in [-0.1, -0.05) is 34.8 Å². The predicted octanol–water partition coefficient (Wildman–Crippen LogP) is 3.54. The van der Waals surface area contributed by atoms with E-state index in [1.54, 1.807) is 36.2 Å². The minimum Gasteiger partial charge on any atom is -0.383 e. The maximum atomic E-state index is 6.27. The molecule has 2 rings (SSSR count). The molecule has 0 fully saturated rings. The lowest BCUT2D eigenvalue weighted by molar-refractivity contribution is 0.182. The van der Waals surface area contributed by atoms with Crippen LogP contribution in [0, 0.1) is 0 Å². The molecule has 0 aliphatic rings. The molecule has 108 valence electrons.